The van der Waals surface area contributed by atoms with Crippen LogP contribution in [-0.2, 0) is 16.1 Å². The SMILES string of the molecule is O=C(CN[C@H]1CCO[C@H]1c1ccc(Cl)cc1)NCc1ccco1. The van der Waals surface area contributed by atoms with E-state index in [0.29, 0.717) is 18.2 Å². The van der Waals surface area contributed by atoms with Gasteiger partial charge in [-0.05, 0) is 36.2 Å². The lowest BCUT2D eigenvalue weighted by atomic mass is 10.0. The summed E-state index contributed by atoms with van der Waals surface area (Å²) in [5.74, 6) is 0.671. The number of amides is 1. The minimum atomic E-state index is -0.0665. The Bertz CT molecular complexity index is 628. The molecule has 3 rings (SSSR count). The first-order valence-corrected chi connectivity index (χ1v) is 8.00. The van der Waals surface area contributed by atoms with Crippen molar-refractivity contribution in [3.05, 3.63) is 59.0 Å². The summed E-state index contributed by atoms with van der Waals surface area (Å²) in [5, 5.41) is 6.79. The number of halogens is 1. The Hall–Kier alpha value is -1.82. The minimum Gasteiger partial charge on any atom is -0.467 e. The predicted octanol–water partition coefficient (Wildman–Crippen LogP) is 2.67. The van der Waals surface area contributed by atoms with E-state index in [0.717, 1.165) is 17.7 Å². The van der Waals surface area contributed by atoms with Crippen LogP contribution in [0.4, 0.5) is 0 Å². The van der Waals surface area contributed by atoms with Gasteiger partial charge in [0.05, 0.1) is 25.5 Å². The molecule has 2 N–H and O–H groups in total. The molecule has 1 aliphatic heterocycles. The van der Waals surface area contributed by atoms with Crippen molar-refractivity contribution in [2.75, 3.05) is 13.2 Å². The van der Waals surface area contributed by atoms with Crippen LogP contribution < -0.4 is 10.6 Å². The van der Waals surface area contributed by atoms with Crippen molar-refractivity contribution in [2.45, 2.75) is 25.1 Å². The van der Waals surface area contributed by atoms with Gasteiger partial charge in [-0.15, -0.1) is 0 Å². The normalized spacial score (nSPS) is 20.6. The minimum absolute atomic E-state index is 0.0508. The van der Waals surface area contributed by atoms with Gasteiger partial charge in [0.1, 0.15) is 5.76 Å². The molecule has 0 aliphatic carbocycles. The maximum Gasteiger partial charge on any atom is 0.234 e. The molecular formula is C17H19ClN2O3. The summed E-state index contributed by atoms with van der Waals surface area (Å²) < 4.78 is 11.0. The Labute approximate surface area is 140 Å². The van der Waals surface area contributed by atoms with Crippen molar-refractivity contribution in [1.82, 2.24) is 10.6 Å². The highest BCUT2D eigenvalue weighted by Gasteiger charge is 2.29. The summed E-state index contributed by atoms with van der Waals surface area (Å²) in [5.41, 5.74) is 1.07. The van der Waals surface area contributed by atoms with Gasteiger partial charge in [-0.1, -0.05) is 23.7 Å². The van der Waals surface area contributed by atoms with Gasteiger partial charge in [-0.2, -0.15) is 0 Å². The number of furan rings is 1. The largest absolute Gasteiger partial charge is 0.467 e. The van der Waals surface area contributed by atoms with E-state index in [2.05, 4.69) is 10.6 Å². The first kappa shape index (κ1) is 16.1. The molecule has 2 atom stereocenters. The molecule has 1 aromatic heterocycles. The topological polar surface area (TPSA) is 63.5 Å². The average molecular weight is 335 g/mol. The molecule has 1 aliphatic rings. The average Bonchev–Trinajstić information content (AvgIpc) is 3.23. The summed E-state index contributed by atoms with van der Waals surface area (Å²) in [6, 6.07) is 11.4. The van der Waals surface area contributed by atoms with Crippen molar-refractivity contribution >= 4 is 17.5 Å². The number of ether oxygens (including phenoxy) is 1. The molecule has 0 spiro atoms. The van der Waals surface area contributed by atoms with Crippen LogP contribution in [0.1, 0.15) is 23.8 Å². The Morgan fingerprint density at radius 3 is 2.83 bits per heavy atom. The van der Waals surface area contributed by atoms with E-state index in [9.17, 15) is 4.79 Å². The number of hydrogen-bond acceptors (Lipinski definition) is 4. The molecule has 23 heavy (non-hydrogen) atoms. The third kappa shape index (κ3) is 4.34. The molecule has 2 aromatic rings. The van der Waals surface area contributed by atoms with Crippen LogP contribution >= 0.6 is 11.6 Å². The monoisotopic (exact) mass is 334 g/mol. The quantitative estimate of drug-likeness (QED) is 0.852. The number of carbonyl (C=O) groups excluding carboxylic acids is 1. The molecule has 1 amide bonds. The molecule has 122 valence electrons. The lowest BCUT2D eigenvalue weighted by Crippen LogP contribution is -2.40. The maximum atomic E-state index is 11.9. The van der Waals surface area contributed by atoms with Crippen LogP contribution in [0.2, 0.25) is 5.02 Å². The van der Waals surface area contributed by atoms with E-state index in [1.807, 2.05) is 30.3 Å². The molecule has 1 aromatic carbocycles. The highest BCUT2D eigenvalue weighted by atomic mass is 35.5. The molecule has 0 radical (unpaired) electrons. The van der Waals surface area contributed by atoms with Gasteiger partial charge in [0.15, 0.2) is 0 Å². The van der Waals surface area contributed by atoms with Crippen molar-refractivity contribution < 1.29 is 13.9 Å². The molecule has 1 saturated heterocycles. The first-order chi connectivity index (χ1) is 11.2. The van der Waals surface area contributed by atoms with Crippen molar-refractivity contribution in [3.8, 4) is 0 Å². The lowest BCUT2D eigenvalue weighted by Gasteiger charge is -2.20. The molecule has 1 fully saturated rings. The smallest absolute Gasteiger partial charge is 0.234 e. The summed E-state index contributed by atoms with van der Waals surface area (Å²) in [6.07, 6.45) is 2.41. The van der Waals surface area contributed by atoms with Crippen LogP contribution in [-0.4, -0.2) is 25.1 Å². The molecule has 0 unspecified atom stereocenters. The van der Waals surface area contributed by atoms with Gasteiger partial charge in [-0.3, -0.25) is 4.79 Å². The Kier molecular flexibility index (Phi) is 5.33. The van der Waals surface area contributed by atoms with Gasteiger partial charge in [0.25, 0.3) is 0 Å². The fraction of sp³-hybridized carbons (Fsp3) is 0.353. The van der Waals surface area contributed by atoms with Crippen molar-refractivity contribution in [2.24, 2.45) is 0 Å². The standard InChI is InChI=1S/C17H19ClN2O3/c18-13-5-3-12(4-6-13)17-15(7-9-23-17)19-11-16(21)20-10-14-2-1-8-22-14/h1-6,8,15,17,19H,7,9-11H2,(H,20,21)/t15-,17-/m0/s1. The Balaban J connectivity index is 1.48. The molecular weight excluding hydrogens is 316 g/mol. The van der Waals surface area contributed by atoms with Crippen LogP contribution in [0.3, 0.4) is 0 Å². The van der Waals surface area contributed by atoms with Crippen LogP contribution in [0, 0.1) is 0 Å². The first-order valence-electron chi connectivity index (χ1n) is 7.62. The second-order valence-corrected chi connectivity index (χ2v) is 5.91. The zero-order valence-electron chi connectivity index (χ0n) is 12.6. The van der Waals surface area contributed by atoms with Gasteiger partial charge in [0, 0.05) is 17.7 Å². The highest BCUT2D eigenvalue weighted by molar-refractivity contribution is 6.30. The number of nitrogens with one attached hydrogen (secondary N) is 2. The summed E-state index contributed by atoms with van der Waals surface area (Å²) >= 11 is 5.92. The van der Waals surface area contributed by atoms with E-state index in [1.54, 1.807) is 12.3 Å². The molecule has 5 nitrogen and oxygen atoms in total. The van der Waals surface area contributed by atoms with Crippen LogP contribution in [0.15, 0.2) is 47.1 Å². The van der Waals surface area contributed by atoms with E-state index in [4.69, 9.17) is 20.8 Å². The van der Waals surface area contributed by atoms with Crippen molar-refractivity contribution in [1.29, 1.82) is 0 Å². The second-order valence-electron chi connectivity index (χ2n) is 5.48. The third-order valence-corrected chi connectivity index (χ3v) is 4.11. The fourth-order valence-corrected chi connectivity index (χ4v) is 2.79. The number of rotatable bonds is 6. The number of carbonyl (C=O) groups is 1. The van der Waals surface area contributed by atoms with Gasteiger partial charge in [0.2, 0.25) is 5.91 Å². The van der Waals surface area contributed by atoms with E-state index < -0.39 is 0 Å². The van der Waals surface area contributed by atoms with Crippen LogP contribution in [0.25, 0.3) is 0 Å². The Morgan fingerprint density at radius 2 is 2.09 bits per heavy atom. The number of hydrogen-bond donors (Lipinski definition) is 2. The molecule has 0 bridgehead atoms. The maximum absolute atomic E-state index is 11.9. The van der Waals surface area contributed by atoms with E-state index in [-0.39, 0.29) is 24.6 Å². The Morgan fingerprint density at radius 1 is 1.26 bits per heavy atom. The number of benzene rings is 1. The van der Waals surface area contributed by atoms with E-state index >= 15 is 0 Å². The fourth-order valence-electron chi connectivity index (χ4n) is 2.66. The molecule has 2 heterocycles. The van der Waals surface area contributed by atoms with Crippen LogP contribution in [0.5, 0.6) is 0 Å². The second kappa shape index (κ2) is 7.64. The molecule has 0 saturated carbocycles. The third-order valence-electron chi connectivity index (χ3n) is 3.85. The van der Waals surface area contributed by atoms with E-state index in [1.165, 1.54) is 0 Å². The van der Waals surface area contributed by atoms with Gasteiger partial charge < -0.3 is 19.8 Å². The zero-order valence-corrected chi connectivity index (χ0v) is 13.4. The lowest BCUT2D eigenvalue weighted by molar-refractivity contribution is -0.120. The molecule has 6 heteroatoms. The summed E-state index contributed by atoms with van der Waals surface area (Å²) in [6.45, 7) is 1.33. The van der Waals surface area contributed by atoms with Gasteiger partial charge in [-0.25, -0.2) is 0 Å². The highest BCUT2D eigenvalue weighted by Crippen LogP contribution is 2.29. The zero-order chi connectivity index (χ0) is 16.1. The predicted molar refractivity (Wildman–Crippen MR) is 87.1 cm³/mol. The van der Waals surface area contributed by atoms with Gasteiger partial charge >= 0.3 is 0 Å². The van der Waals surface area contributed by atoms with Crippen molar-refractivity contribution in [3.63, 3.8) is 0 Å². The summed E-state index contributed by atoms with van der Waals surface area (Å²) in [4.78, 5) is 11.9. The summed E-state index contributed by atoms with van der Waals surface area (Å²) in [7, 11) is 0.